The van der Waals surface area contributed by atoms with Gasteiger partial charge in [0.25, 0.3) is 0 Å². The van der Waals surface area contributed by atoms with Crippen molar-refractivity contribution >= 4 is 11.3 Å². The van der Waals surface area contributed by atoms with E-state index in [1.807, 2.05) is 78.2 Å². The summed E-state index contributed by atoms with van der Waals surface area (Å²) in [5, 5.41) is 2.86. The van der Waals surface area contributed by atoms with Gasteiger partial charge in [-0.05, 0) is 48.5 Å². The highest BCUT2D eigenvalue weighted by atomic mass is 32.1. The van der Waals surface area contributed by atoms with Crippen LogP contribution in [-0.2, 0) is 0 Å². The smallest absolute Gasteiger partial charge is 0.142 e. The zero-order chi connectivity index (χ0) is 19.5. The van der Waals surface area contributed by atoms with Gasteiger partial charge in [-0.25, -0.2) is 15.0 Å². The molecule has 5 rings (SSSR count). The van der Waals surface area contributed by atoms with Crippen LogP contribution in [0.15, 0.2) is 90.6 Å². The molecule has 0 atom stereocenters. The number of pyridine rings is 4. The first-order valence-electron chi connectivity index (χ1n) is 9.10. The molecule has 0 radical (unpaired) electrons. The van der Waals surface area contributed by atoms with E-state index in [1.165, 1.54) is 0 Å². The van der Waals surface area contributed by atoms with Gasteiger partial charge in [0, 0.05) is 17.8 Å². The van der Waals surface area contributed by atoms with Crippen molar-refractivity contribution in [1.82, 2.24) is 24.9 Å². The Bertz CT molecular complexity index is 1250. The molecular formula is C23H15N5S. The Kier molecular flexibility index (Phi) is 4.60. The highest BCUT2D eigenvalue weighted by molar-refractivity contribution is 7.13. The molecule has 0 amide bonds. The fraction of sp³-hybridized carbons (Fsp3) is 0. The fourth-order valence-corrected chi connectivity index (χ4v) is 3.74. The second kappa shape index (κ2) is 7.69. The Hall–Kier alpha value is -3.77. The van der Waals surface area contributed by atoms with Crippen LogP contribution in [0.25, 0.3) is 44.9 Å². The molecule has 0 aromatic carbocycles. The first kappa shape index (κ1) is 17.3. The third-order valence-corrected chi connectivity index (χ3v) is 5.20. The van der Waals surface area contributed by atoms with Gasteiger partial charge in [0.15, 0.2) is 0 Å². The molecule has 0 aliphatic carbocycles. The molecule has 5 aromatic rings. The van der Waals surface area contributed by atoms with E-state index in [0.717, 1.165) is 44.9 Å². The maximum absolute atomic E-state index is 4.80. The highest BCUT2D eigenvalue weighted by Crippen LogP contribution is 2.28. The molecule has 0 saturated heterocycles. The summed E-state index contributed by atoms with van der Waals surface area (Å²) in [4.78, 5) is 23.0. The van der Waals surface area contributed by atoms with Gasteiger partial charge in [-0.15, -0.1) is 11.3 Å². The summed E-state index contributed by atoms with van der Waals surface area (Å²) in [7, 11) is 0. The Labute approximate surface area is 171 Å². The van der Waals surface area contributed by atoms with Crippen LogP contribution in [-0.4, -0.2) is 24.9 Å². The summed E-state index contributed by atoms with van der Waals surface area (Å²) in [5.41, 5.74) is 5.79. The monoisotopic (exact) mass is 393 g/mol. The lowest BCUT2D eigenvalue weighted by molar-refractivity contribution is 1.21. The number of thiazole rings is 1. The van der Waals surface area contributed by atoms with E-state index < -0.39 is 0 Å². The number of aromatic nitrogens is 5. The number of rotatable bonds is 4. The van der Waals surface area contributed by atoms with Gasteiger partial charge in [0.1, 0.15) is 10.7 Å². The normalized spacial score (nSPS) is 10.8. The zero-order valence-corrected chi connectivity index (χ0v) is 16.1. The third kappa shape index (κ3) is 3.66. The molecule has 29 heavy (non-hydrogen) atoms. The summed E-state index contributed by atoms with van der Waals surface area (Å²) in [5.74, 6) is 0. The van der Waals surface area contributed by atoms with E-state index in [1.54, 1.807) is 23.7 Å². The average molecular weight is 393 g/mol. The minimum atomic E-state index is 0.801. The molecule has 6 heteroatoms. The van der Waals surface area contributed by atoms with Crippen molar-refractivity contribution in [3.63, 3.8) is 0 Å². The first-order chi connectivity index (χ1) is 14.4. The topological polar surface area (TPSA) is 64.5 Å². The molecule has 0 aliphatic rings. The lowest BCUT2D eigenvalue weighted by Gasteiger charge is -2.05. The van der Waals surface area contributed by atoms with Crippen molar-refractivity contribution < 1.29 is 0 Å². The Morgan fingerprint density at radius 3 is 1.59 bits per heavy atom. The molecule has 5 nitrogen and oxygen atoms in total. The van der Waals surface area contributed by atoms with Crippen molar-refractivity contribution in [3.8, 4) is 44.9 Å². The molecule has 5 heterocycles. The Balaban J connectivity index is 1.49. The summed E-state index contributed by atoms with van der Waals surface area (Å²) >= 11 is 1.56. The van der Waals surface area contributed by atoms with Gasteiger partial charge in [-0.2, -0.15) is 0 Å². The fourth-order valence-electron chi connectivity index (χ4n) is 2.95. The summed E-state index contributed by atoms with van der Waals surface area (Å²) in [6.45, 7) is 0. The van der Waals surface area contributed by atoms with Gasteiger partial charge in [-0.3, -0.25) is 9.97 Å². The SMILES string of the molecule is c1ccc(-c2cccc(-c3cccc(-c4nc(-c5ccccn5)cs4)n3)n2)nc1. The summed E-state index contributed by atoms with van der Waals surface area (Å²) < 4.78 is 0. The van der Waals surface area contributed by atoms with Crippen molar-refractivity contribution in [1.29, 1.82) is 0 Å². The number of nitrogens with zero attached hydrogens (tertiary/aromatic N) is 5. The summed E-state index contributed by atoms with van der Waals surface area (Å²) in [6, 6.07) is 23.4. The maximum Gasteiger partial charge on any atom is 0.142 e. The van der Waals surface area contributed by atoms with E-state index >= 15 is 0 Å². The molecule has 138 valence electrons. The van der Waals surface area contributed by atoms with Gasteiger partial charge in [0.2, 0.25) is 0 Å². The zero-order valence-electron chi connectivity index (χ0n) is 15.3. The van der Waals surface area contributed by atoms with Crippen molar-refractivity contribution in [2.24, 2.45) is 0 Å². The van der Waals surface area contributed by atoms with E-state index in [-0.39, 0.29) is 0 Å². The third-order valence-electron chi connectivity index (χ3n) is 4.34. The second-order valence-electron chi connectivity index (χ2n) is 6.28. The number of hydrogen-bond acceptors (Lipinski definition) is 6. The molecule has 0 bridgehead atoms. The molecule has 0 unspecified atom stereocenters. The maximum atomic E-state index is 4.80. The predicted octanol–water partition coefficient (Wildman–Crippen LogP) is 5.39. The minimum Gasteiger partial charge on any atom is -0.255 e. The molecule has 0 spiro atoms. The lowest BCUT2D eigenvalue weighted by atomic mass is 10.2. The van der Waals surface area contributed by atoms with Gasteiger partial charge >= 0.3 is 0 Å². The standard InChI is InChI=1S/C23H15N5S/c1-3-13-24-16(7-1)18-9-5-10-19(26-18)20-11-6-12-21(27-20)23-28-22(15-29-23)17-8-2-4-14-25-17/h1-15H. The van der Waals surface area contributed by atoms with Crippen LogP contribution in [0.2, 0.25) is 0 Å². The quantitative estimate of drug-likeness (QED) is 0.409. The predicted molar refractivity (Wildman–Crippen MR) is 115 cm³/mol. The average Bonchev–Trinajstić information content (AvgIpc) is 3.31. The van der Waals surface area contributed by atoms with Crippen LogP contribution < -0.4 is 0 Å². The van der Waals surface area contributed by atoms with Crippen molar-refractivity contribution in [2.45, 2.75) is 0 Å². The highest BCUT2D eigenvalue weighted by Gasteiger charge is 2.11. The molecule has 0 fully saturated rings. The Morgan fingerprint density at radius 1 is 0.448 bits per heavy atom. The van der Waals surface area contributed by atoms with Gasteiger partial charge in [0.05, 0.1) is 34.2 Å². The lowest BCUT2D eigenvalue weighted by Crippen LogP contribution is -1.93. The van der Waals surface area contributed by atoms with E-state index in [4.69, 9.17) is 15.0 Å². The van der Waals surface area contributed by atoms with Gasteiger partial charge < -0.3 is 0 Å². The molecule has 0 saturated carbocycles. The van der Waals surface area contributed by atoms with Crippen LogP contribution in [0.1, 0.15) is 0 Å². The van der Waals surface area contributed by atoms with Crippen LogP contribution in [0.4, 0.5) is 0 Å². The molecule has 0 aliphatic heterocycles. The van der Waals surface area contributed by atoms with E-state index in [2.05, 4.69) is 9.97 Å². The number of hydrogen-bond donors (Lipinski definition) is 0. The van der Waals surface area contributed by atoms with Gasteiger partial charge in [-0.1, -0.05) is 24.3 Å². The van der Waals surface area contributed by atoms with Crippen LogP contribution >= 0.6 is 11.3 Å². The first-order valence-corrected chi connectivity index (χ1v) is 9.98. The second-order valence-corrected chi connectivity index (χ2v) is 7.14. The molecular weight excluding hydrogens is 378 g/mol. The Morgan fingerprint density at radius 2 is 0.966 bits per heavy atom. The van der Waals surface area contributed by atoms with Crippen molar-refractivity contribution in [2.75, 3.05) is 0 Å². The van der Waals surface area contributed by atoms with Crippen LogP contribution in [0, 0.1) is 0 Å². The summed E-state index contributed by atoms with van der Waals surface area (Å²) in [6.07, 6.45) is 3.54. The largest absolute Gasteiger partial charge is 0.255 e. The molecule has 0 N–H and O–H groups in total. The van der Waals surface area contributed by atoms with Crippen molar-refractivity contribution in [3.05, 3.63) is 90.6 Å². The minimum absolute atomic E-state index is 0.801. The van der Waals surface area contributed by atoms with Crippen LogP contribution in [0.3, 0.4) is 0 Å². The van der Waals surface area contributed by atoms with E-state index in [0.29, 0.717) is 0 Å². The molecule has 5 aromatic heterocycles. The van der Waals surface area contributed by atoms with Crippen LogP contribution in [0.5, 0.6) is 0 Å². The van der Waals surface area contributed by atoms with E-state index in [9.17, 15) is 0 Å².